The van der Waals surface area contributed by atoms with Gasteiger partial charge in [0.25, 0.3) is 0 Å². The predicted octanol–water partition coefficient (Wildman–Crippen LogP) is 4.18. The molecule has 118 valence electrons. The van der Waals surface area contributed by atoms with Gasteiger partial charge in [-0.25, -0.2) is 0 Å². The van der Waals surface area contributed by atoms with Gasteiger partial charge in [0, 0.05) is 25.2 Å². The molecule has 2 nitrogen and oxygen atoms in total. The van der Waals surface area contributed by atoms with Crippen molar-refractivity contribution in [1.82, 2.24) is 5.32 Å². The Bertz CT molecular complexity index is 502. The lowest BCUT2D eigenvalue weighted by atomic mass is 9.97. The molecule has 1 aromatic carbocycles. The third kappa shape index (κ3) is 3.64. The highest BCUT2D eigenvalue weighted by Crippen LogP contribution is 2.37. The summed E-state index contributed by atoms with van der Waals surface area (Å²) in [5, 5.41) is 3.73. The first-order chi connectivity index (χ1) is 9.70. The maximum absolute atomic E-state index is 12.9. The summed E-state index contributed by atoms with van der Waals surface area (Å²) in [6.07, 6.45) is -4.35. The number of halogens is 4. The number of alkyl halides is 3. The molecule has 1 fully saturated rings. The van der Waals surface area contributed by atoms with E-state index in [-0.39, 0.29) is 12.1 Å². The van der Waals surface area contributed by atoms with Gasteiger partial charge in [0.05, 0.1) is 16.3 Å². The molecule has 0 spiro atoms. The van der Waals surface area contributed by atoms with E-state index in [1.54, 1.807) is 0 Å². The number of nitrogens with one attached hydrogen (secondary N) is 1. The van der Waals surface area contributed by atoms with Gasteiger partial charge in [-0.1, -0.05) is 25.4 Å². The molecule has 2 atom stereocenters. The van der Waals surface area contributed by atoms with Gasteiger partial charge in [-0.15, -0.1) is 0 Å². The molecule has 1 aromatic rings. The first kappa shape index (κ1) is 16.4. The smallest absolute Gasteiger partial charge is 0.364 e. The number of rotatable bonds is 2. The molecule has 1 aliphatic rings. The number of hydrogen-bond acceptors (Lipinski definition) is 2. The minimum atomic E-state index is -4.35. The zero-order valence-corrected chi connectivity index (χ0v) is 13.1. The van der Waals surface area contributed by atoms with Crippen LogP contribution >= 0.6 is 11.6 Å². The lowest BCUT2D eigenvalue weighted by molar-refractivity contribution is -0.137. The molecule has 1 saturated heterocycles. The van der Waals surface area contributed by atoms with Gasteiger partial charge >= 0.3 is 6.18 Å². The third-order valence-corrected chi connectivity index (χ3v) is 4.22. The van der Waals surface area contributed by atoms with Crippen molar-refractivity contribution in [3.8, 4) is 0 Å². The maximum Gasteiger partial charge on any atom is 0.416 e. The van der Waals surface area contributed by atoms with Crippen molar-refractivity contribution in [1.29, 1.82) is 0 Å². The van der Waals surface area contributed by atoms with Gasteiger partial charge in [-0.05, 0) is 31.0 Å². The van der Waals surface area contributed by atoms with Gasteiger partial charge < -0.3 is 10.2 Å². The standard InChI is InChI=1S/C15H20ClF3N2/c1-9(2)14-7-20-10(3)8-21(14)13-6-11(15(17,18)19)4-5-12(13)16/h4-6,9-10,14,20H,7-8H2,1-3H3. The molecular weight excluding hydrogens is 301 g/mol. The predicted molar refractivity (Wildman–Crippen MR) is 79.9 cm³/mol. The van der Waals surface area contributed by atoms with Gasteiger partial charge in [0.15, 0.2) is 0 Å². The largest absolute Gasteiger partial charge is 0.416 e. The summed E-state index contributed by atoms with van der Waals surface area (Å²) in [6.45, 7) is 7.54. The summed E-state index contributed by atoms with van der Waals surface area (Å²) in [6, 6.07) is 3.87. The Labute approximate surface area is 128 Å². The van der Waals surface area contributed by atoms with Crippen molar-refractivity contribution in [3.05, 3.63) is 28.8 Å². The van der Waals surface area contributed by atoms with Gasteiger partial charge in [-0.2, -0.15) is 13.2 Å². The summed E-state index contributed by atoms with van der Waals surface area (Å²) in [7, 11) is 0. The second-order valence-electron chi connectivity index (χ2n) is 5.94. The van der Waals surface area contributed by atoms with E-state index in [4.69, 9.17) is 11.6 Å². The Morgan fingerprint density at radius 2 is 2.00 bits per heavy atom. The van der Waals surface area contributed by atoms with Crippen molar-refractivity contribution < 1.29 is 13.2 Å². The van der Waals surface area contributed by atoms with Gasteiger partial charge in [-0.3, -0.25) is 0 Å². The van der Waals surface area contributed by atoms with E-state index in [1.165, 1.54) is 6.07 Å². The monoisotopic (exact) mass is 320 g/mol. The zero-order chi connectivity index (χ0) is 15.8. The summed E-state index contributed by atoms with van der Waals surface area (Å²) < 4.78 is 38.8. The first-order valence-corrected chi connectivity index (χ1v) is 7.44. The highest BCUT2D eigenvalue weighted by molar-refractivity contribution is 6.33. The van der Waals surface area contributed by atoms with E-state index in [0.29, 0.717) is 23.2 Å². The molecule has 0 bridgehead atoms. The normalized spacial score (nSPS) is 23.7. The van der Waals surface area contributed by atoms with Crippen LogP contribution < -0.4 is 10.2 Å². The Kier molecular flexibility index (Phi) is 4.73. The summed E-state index contributed by atoms with van der Waals surface area (Å²) in [5.41, 5.74) is -0.186. The topological polar surface area (TPSA) is 15.3 Å². The second-order valence-corrected chi connectivity index (χ2v) is 6.34. The zero-order valence-electron chi connectivity index (χ0n) is 12.3. The average molecular weight is 321 g/mol. The Morgan fingerprint density at radius 3 is 2.57 bits per heavy atom. The third-order valence-electron chi connectivity index (χ3n) is 3.90. The minimum absolute atomic E-state index is 0.127. The molecule has 1 N–H and O–H groups in total. The van der Waals surface area contributed by atoms with Crippen LogP contribution in [0.3, 0.4) is 0 Å². The van der Waals surface area contributed by atoms with Gasteiger partial charge in [0.1, 0.15) is 0 Å². The SMILES string of the molecule is CC1CN(c2cc(C(F)(F)F)ccc2Cl)C(C(C)C)CN1. The van der Waals surface area contributed by atoms with Crippen molar-refractivity contribution in [2.45, 2.75) is 39.0 Å². The van der Waals surface area contributed by atoms with E-state index >= 15 is 0 Å². The van der Waals surface area contributed by atoms with Crippen molar-refractivity contribution in [2.24, 2.45) is 5.92 Å². The van der Waals surface area contributed by atoms with Crippen LogP contribution in [0.15, 0.2) is 18.2 Å². The van der Waals surface area contributed by atoms with Crippen LogP contribution in [0.1, 0.15) is 26.3 Å². The van der Waals surface area contributed by atoms with E-state index < -0.39 is 11.7 Å². The molecule has 0 aromatic heterocycles. The molecule has 6 heteroatoms. The molecule has 0 aliphatic carbocycles. The summed E-state index contributed by atoms with van der Waals surface area (Å²) >= 11 is 6.17. The molecular formula is C15H20ClF3N2. The molecule has 21 heavy (non-hydrogen) atoms. The Hall–Kier alpha value is -0.940. The van der Waals surface area contributed by atoms with Crippen molar-refractivity contribution in [3.63, 3.8) is 0 Å². The summed E-state index contributed by atoms with van der Waals surface area (Å²) in [5.74, 6) is 0.315. The lowest BCUT2D eigenvalue weighted by Gasteiger charge is -2.43. The number of benzene rings is 1. The van der Waals surface area contributed by atoms with Crippen LogP contribution in [0, 0.1) is 5.92 Å². The van der Waals surface area contributed by atoms with Crippen molar-refractivity contribution in [2.75, 3.05) is 18.0 Å². The number of nitrogens with zero attached hydrogens (tertiary/aromatic N) is 1. The molecule has 0 amide bonds. The Balaban J connectivity index is 2.42. The quantitative estimate of drug-likeness (QED) is 0.879. The van der Waals surface area contributed by atoms with E-state index in [0.717, 1.165) is 18.7 Å². The molecule has 0 radical (unpaired) electrons. The summed E-state index contributed by atoms with van der Waals surface area (Å²) in [4.78, 5) is 2.00. The highest BCUT2D eigenvalue weighted by atomic mass is 35.5. The number of anilines is 1. The fourth-order valence-electron chi connectivity index (χ4n) is 2.71. The van der Waals surface area contributed by atoms with Crippen LogP contribution in [-0.4, -0.2) is 25.2 Å². The fourth-order valence-corrected chi connectivity index (χ4v) is 2.93. The van der Waals surface area contributed by atoms with Crippen molar-refractivity contribution >= 4 is 17.3 Å². The molecule has 2 unspecified atom stereocenters. The molecule has 2 rings (SSSR count). The minimum Gasteiger partial charge on any atom is -0.364 e. The molecule has 1 aliphatic heterocycles. The number of hydrogen-bond donors (Lipinski definition) is 1. The van der Waals surface area contributed by atoms with E-state index in [2.05, 4.69) is 19.2 Å². The van der Waals surface area contributed by atoms with E-state index in [1.807, 2.05) is 11.8 Å². The van der Waals surface area contributed by atoms with Crippen LogP contribution in [0.5, 0.6) is 0 Å². The average Bonchev–Trinajstić information content (AvgIpc) is 2.37. The van der Waals surface area contributed by atoms with Crippen LogP contribution in [0.25, 0.3) is 0 Å². The molecule has 1 heterocycles. The highest BCUT2D eigenvalue weighted by Gasteiger charge is 2.34. The Morgan fingerprint density at radius 1 is 1.33 bits per heavy atom. The number of piperazine rings is 1. The lowest BCUT2D eigenvalue weighted by Crippen LogP contribution is -2.57. The maximum atomic E-state index is 12.9. The van der Waals surface area contributed by atoms with Crippen LogP contribution in [0.2, 0.25) is 5.02 Å². The molecule has 0 saturated carbocycles. The van der Waals surface area contributed by atoms with E-state index in [9.17, 15) is 13.2 Å². The van der Waals surface area contributed by atoms with Gasteiger partial charge in [0.2, 0.25) is 0 Å². The first-order valence-electron chi connectivity index (χ1n) is 7.07. The fraction of sp³-hybridized carbons (Fsp3) is 0.600. The second kappa shape index (κ2) is 6.05. The van der Waals surface area contributed by atoms with Crippen LogP contribution in [-0.2, 0) is 6.18 Å². The van der Waals surface area contributed by atoms with Crippen LogP contribution in [0.4, 0.5) is 18.9 Å².